The number of ether oxygens (including phenoxy) is 1. The largest absolute Gasteiger partial charge is 0.444 e. The first-order chi connectivity index (χ1) is 10.7. The standard InChI is InChI=1S/C17H22FN3O2/c1-12-11-20(14-5-6-15(18)13(9-14)10-19)7-8-21(12)16(22)23-17(2,3)4/h5-6,9,12H,7-8,11H2,1-4H3/t12-/m1/s1. The number of hydrogen-bond donors (Lipinski definition) is 0. The summed E-state index contributed by atoms with van der Waals surface area (Å²) in [6, 6.07) is 6.33. The van der Waals surface area contributed by atoms with Crippen LogP contribution in [-0.4, -0.2) is 42.3 Å². The molecule has 1 atom stereocenters. The molecule has 0 aromatic heterocycles. The van der Waals surface area contributed by atoms with Gasteiger partial charge in [0.15, 0.2) is 0 Å². The Kier molecular flexibility index (Phi) is 4.79. The van der Waals surface area contributed by atoms with Crippen LogP contribution in [0, 0.1) is 17.1 Å². The van der Waals surface area contributed by atoms with Gasteiger partial charge in [0.25, 0.3) is 0 Å². The monoisotopic (exact) mass is 319 g/mol. The Hall–Kier alpha value is -2.29. The molecule has 0 aliphatic carbocycles. The fourth-order valence-corrected chi connectivity index (χ4v) is 2.58. The predicted octanol–water partition coefficient (Wildman–Crippen LogP) is 3.14. The molecule has 1 aromatic rings. The predicted molar refractivity (Wildman–Crippen MR) is 85.7 cm³/mol. The quantitative estimate of drug-likeness (QED) is 0.798. The molecule has 2 rings (SSSR count). The maximum atomic E-state index is 13.4. The summed E-state index contributed by atoms with van der Waals surface area (Å²) in [6.45, 7) is 9.21. The van der Waals surface area contributed by atoms with E-state index in [0.717, 1.165) is 5.69 Å². The molecule has 0 spiro atoms. The Labute approximate surface area is 136 Å². The van der Waals surface area contributed by atoms with E-state index in [1.807, 2.05) is 38.7 Å². The molecule has 1 aliphatic heterocycles. The number of anilines is 1. The number of nitriles is 1. The van der Waals surface area contributed by atoms with Gasteiger partial charge in [0, 0.05) is 31.4 Å². The first-order valence-electron chi connectivity index (χ1n) is 7.65. The maximum absolute atomic E-state index is 13.4. The molecule has 5 nitrogen and oxygen atoms in total. The SMILES string of the molecule is C[C@@H]1CN(c2ccc(F)c(C#N)c2)CCN1C(=O)OC(C)(C)C. The molecule has 1 aliphatic rings. The molecule has 0 unspecified atom stereocenters. The number of halogens is 1. The van der Waals surface area contributed by atoms with Crippen molar-refractivity contribution in [1.82, 2.24) is 4.90 Å². The first-order valence-corrected chi connectivity index (χ1v) is 7.65. The summed E-state index contributed by atoms with van der Waals surface area (Å²) in [5, 5.41) is 8.94. The van der Waals surface area contributed by atoms with Gasteiger partial charge < -0.3 is 14.5 Å². The van der Waals surface area contributed by atoms with E-state index < -0.39 is 11.4 Å². The third-order valence-corrected chi connectivity index (χ3v) is 3.69. The third kappa shape index (κ3) is 4.13. The van der Waals surface area contributed by atoms with Crippen molar-refractivity contribution in [2.24, 2.45) is 0 Å². The Bertz CT molecular complexity index is 634. The van der Waals surface area contributed by atoms with Gasteiger partial charge in [0.2, 0.25) is 0 Å². The average Bonchev–Trinajstić information content (AvgIpc) is 2.45. The summed E-state index contributed by atoms with van der Waals surface area (Å²) in [4.78, 5) is 16.0. The van der Waals surface area contributed by atoms with Crippen molar-refractivity contribution < 1.29 is 13.9 Å². The molecule has 0 radical (unpaired) electrons. The second-order valence-corrected chi connectivity index (χ2v) is 6.74. The van der Waals surface area contributed by atoms with Crippen LogP contribution in [0.15, 0.2) is 18.2 Å². The van der Waals surface area contributed by atoms with Gasteiger partial charge in [-0.3, -0.25) is 0 Å². The zero-order valence-electron chi connectivity index (χ0n) is 14.0. The molecule has 124 valence electrons. The summed E-state index contributed by atoms with van der Waals surface area (Å²) in [5.41, 5.74) is 0.301. The maximum Gasteiger partial charge on any atom is 0.410 e. The Morgan fingerprint density at radius 1 is 1.39 bits per heavy atom. The number of piperazine rings is 1. The lowest BCUT2D eigenvalue weighted by atomic mass is 10.1. The van der Waals surface area contributed by atoms with Crippen LogP contribution in [-0.2, 0) is 4.74 Å². The van der Waals surface area contributed by atoms with Crippen LogP contribution in [0.4, 0.5) is 14.9 Å². The molecule has 1 saturated heterocycles. The van der Waals surface area contributed by atoms with Crippen molar-refractivity contribution in [3.05, 3.63) is 29.6 Å². The van der Waals surface area contributed by atoms with Crippen molar-refractivity contribution in [2.45, 2.75) is 39.3 Å². The van der Waals surface area contributed by atoms with Crippen LogP contribution in [0.1, 0.15) is 33.3 Å². The number of rotatable bonds is 1. The van der Waals surface area contributed by atoms with Crippen LogP contribution in [0.2, 0.25) is 0 Å². The highest BCUT2D eigenvalue weighted by molar-refractivity contribution is 5.69. The van der Waals surface area contributed by atoms with Crippen LogP contribution >= 0.6 is 0 Å². The van der Waals surface area contributed by atoms with Gasteiger partial charge in [-0.15, -0.1) is 0 Å². The van der Waals surface area contributed by atoms with E-state index in [9.17, 15) is 9.18 Å². The van der Waals surface area contributed by atoms with Gasteiger partial charge in [0.1, 0.15) is 17.5 Å². The molecule has 23 heavy (non-hydrogen) atoms. The van der Waals surface area contributed by atoms with Gasteiger partial charge in [-0.05, 0) is 45.9 Å². The minimum absolute atomic E-state index is 0.0322. The minimum atomic E-state index is -0.521. The topological polar surface area (TPSA) is 56.6 Å². The van der Waals surface area contributed by atoms with Crippen LogP contribution in [0.25, 0.3) is 0 Å². The number of carbonyl (C=O) groups excluding carboxylic acids is 1. The number of carbonyl (C=O) groups is 1. The van der Waals surface area contributed by atoms with E-state index in [2.05, 4.69) is 0 Å². The number of hydrogen-bond acceptors (Lipinski definition) is 4. The number of benzene rings is 1. The molecule has 0 N–H and O–H groups in total. The van der Waals surface area contributed by atoms with E-state index in [1.54, 1.807) is 17.0 Å². The van der Waals surface area contributed by atoms with E-state index in [4.69, 9.17) is 10.00 Å². The number of amides is 1. The Morgan fingerprint density at radius 3 is 2.65 bits per heavy atom. The zero-order chi connectivity index (χ0) is 17.2. The zero-order valence-corrected chi connectivity index (χ0v) is 14.0. The highest BCUT2D eigenvalue weighted by atomic mass is 19.1. The molecule has 6 heteroatoms. The molecule has 1 fully saturated rings. The first kappa shape index (κ1) is 17.1. The third-order valence-electron chi connectivity index (χ3n) is 3.69. The molecule has 1 heterocycles. The van der Waals surface area contributed by atoms with Gasteiger partial charge >= 0.3 is 6.09 Å². The lowest BCUT2D eigenvalue weighted by Crippen LogP contribution is -2.55. The smallest absolute Gasteiger partial charge is 0.410 e. The van der Waals surface area contributed by atoms with E-state index in [0.29, 0.717) is 19.6 Å². The van der Waals surface area contributed by atoms with E-state index in [1.165, 1.54) is 6.07 Å². The average molecular weight is 319 g/mol. The van der Waals surface area contributed by atoms with Gasteiger partial charge in [-0.1, -0.05) is 0 Å². The summed E-state index contributed by atoms with van der Waals surface area (Å²) in [6.07, 6.45) is -0.318. The number of nitrogens with zero attached hydrogens (tertiary/aromatic N) is 3. The Morgan fingerprint density at radius 2 is 2.09 bits per heavy atom. The summed E-state index contributed by atoms with van der Waals surface area (Å²) < 4.78 is 18.8. The van der Waals surface area contributed by atoms with Crippen molar-refractivity contribution in [1.29, 1.82) is 5.26 Å². The van der Waals surface area contributed by atoms with Gasteiger partial charge in [-0.2, -0.15) is 5.26 Å². The highest BCUT2D eigenvalue weighted by Gasteiger charge is 2.31. The fraction of sp³-hybridized carbons (Fsp3) is 0.529. The van der Waals surface area contributed by atoms with Crippen molar-refractivity contribution in [2.75, 3.05) is 24.5 Å². The summed E-state index contributed by atoms with van der Waals surface area (Å²) in [7, 11) is 0. The minimum Gasteiger partial charge on any atom is -0.444 e. The molecule has 1 aromatic carbocycles. The van der Waals surface area contributed by atoms with Crippen LogP contribution in [0.3, 0.4) is 0 Å². The lowest BCUT2D eigenvalue weighted by molar-refractivity contribution is 0.0159. The molecular weight excluding hydrogens is 297 g/mol. The van der Waals surface area contributed by atoms with Crippen molar-refractivity contribution in [3.63, 3.8) is 0 Å². The molecule has 0 bridgehead atoms. The molecular formula is C17H22FN3O2. The lowest BCUT2D eigenvalue weighted by Gasteiger charge is -2.41. The molecule has 1 amide bonds. The Balaban J connectivity index is 2.07. The van der Waals surface area contributed by atoms with E-state index >= 15 is 0 Å². The fourth-order valence-electron chi connectivity index (χ4n) is 2.58. The second-order valence-electron chi connectivity index (χ2n) is 6.74. The molecule has 0 saturated carbocycles. The van der Waals surface area contributed by atoms with Crippen LogP contribution < -0.4 is 4.90 Å². The van der Waals surface area contributed by atoms with Crippen molar-refractivity contribution >= 4 is 11.8 Å². The second kappa shape index (κ2) is 6.45. The van der Waals surface area contributed by atoms with E-state index in [-0.39, 0.29) is 17.7 Å². The summed E-state index contributed by atoms with van der Waals surface area (Å²) >= 11 is 0. The van der Waals surface area contributed by atoms with Crippen LogP contribution in [0.5, 0.6) is 0 Å². The highest BCUT2D eigenvalue weighted by Crippen LogP contribution is 2.23. The normalized spacial score (nSPS) is 18.5. The van der Waals surface area contributed by atoms with Gasteiger partial charge in [-0.25, -0.2) is 9.18 Å². The summed E-state index contributed by atoms with van der Waals surface area (Å²) in [5.74, 6) is -0.517. The van der Waals surface area contributed by atoms with Gasteiger partial charge in [0.05, 0.1) is 5.56 Å². The van der Waals surface area contributed by atoms with Crippen molar-refractivity contribution in [3.8, 4) is 6.07 Å².